The fourth-order valence-electron chi connectivity index (χ4n) is 2.38. The van der Waals surface area contributed by atoms with Crippen molar-refractivity contribution in [2.45, 2.75) is 31.7 Å². The summed E-state index contributed by atoms with van der Waals surface area (Å²) in [6.07, 6.45) is 3.00. The van der Waals surface area contributed by atoms with E-state index in [9.17, 15) is 4.79 Å². The molecule has 2 N–H and O–H groups in total. The minimum atomic E-state index is -0.318. The third kappa shape index (κ3) is 3.95. The molecule has 1 atom stereocenters. The van der Waals surface area contributed by atoms with E-state index in [1.54, 1.807) is 11.8 Å². The number of rotatable bonds is 5. The maximum absolute atomic E-state index is 11.9. The lowest BCUT2D eigenvalue weighted by Crippen LogP contribution is -2.28. The van der Waals surface area contributed by atoms with Gasteiger partial charge in [-0.3, -0.25) is 0 Å². The van der Waals surface area contributed by atoms with E-state index in [0.29, 0.717) is 17.5 Å². The number of hydrogen-bond acceptors (Lipinski definition) is 6. The van der Waals surface area contributed by atoms with Crippen LogP contribution in [-0.2, 0) is 18.7 Å². The van der Waals surface area contributed by atoms with Crippen molar-refractivity contribution in [1.29, 1.82) is 0 Å². The molecule has 0 spiro atoms. The summed E-state index contributed by atoms with van der Waals surface area (Å²) in [5, 5.41) is 9.31. The maximum atomic E-state index is 11.9. The van der Waals surface area contributed by atoms with Crippen molar-refractivity contribution in [1.82, 2.24) is 15.5 Å². The predicted octanol–water partition coefficient (Wildman–Crippen LogP) is 2.58. The van der Waals surface area contributed by atoms with Crippen molar-refractivity contribution in [2.75, 3.05) is 11.6 Å². The van der Waals surface area contributed by atoms with E-state index < -0.39 is 0 Å². The monoisotopic (exact) mass is 334 g/mol. The molecular formula is C15H18N4O3S. The first kappa shape index (κ1) is 15.7. The molecule has 0 saturated carbocycles. The highest BCUT2D eigenvalue weighted by atomic mass is 32.2. The third-order valence-electron chi connectivity index (χ3n) is 3.34. The van der Waals surface area contributed by atoms with Crippen LogP contribution in [0, 0.1) is 0 Å². The van der Waals surface area contributed by atoms with Gasteiger partial charge in [0.25, 0.3) is 0 Å². The second kappa shape index (κ2) is 6.91. The highest BCUT2D eigenvalue weighted by Gasteiger charge is 2.19. The van der Waals surface area contributed by atoms with Crippen molar-refractivity contribution < 1.29 is 14.1 Å². The number of aromatic nitrogens is 2. The molecule has 0 radical (unpaired) electrons. The summed E-state index contributed by atoms with van der Waals surface area (Å²) in [7, 11) is 0. The van der Waals surface area contributed by atoms with Gasteiger partial charge in [0.1, 0.15) is 11.9 Å². The summed E-state index contributed by atoms with van der Waals surface area (Å²) >= 11 is 1.61. The summed E-state index contributed by atoms with van der Waals surface area (Å²) < 4.78 is 10.7. The van der Waals surface area contributed by atoms with Crippen molar-refractivity contribution in [3.05, 3.63) is 35.5 Å². The molecule has 1 aromatic heterocycles. The Morgan fingerprint density at radius 3 is 3.17 bits per heavy atom. The molecule has 23 heavy (non-hydrogen) atoms. The second-order valence-electron chi connectivity index (χ2n) is 5.30. The van der Waals surface area contributed by atoms with E-state index in [0.717, 1.165) is 23.4 Å². The third-order valence-corrected chi connectivity index (χ3v) is 3.88. The van der Waals surface area contributed by atoms with Crippen LogP contribution < -0.4 is 15.4 Å². The van der Waals surface area contributed by atoms with Crippen molar-refractivity contribution in [3.63, 3.8) is 0 Å². The zero-order chi connectivity index (χ0) is 16.2. The Morgan fingerprint density at radius 2 is 2.35 bits per heavy atom. The van der Waals surface area contributed by atoms with Crippen LogP contribution in [0.5, 0.6) is 5.75 Å². The molecule has 1 unspecified atom stereocenters. The summed E-state index contributed by atoms with van der Waals surface area (Å²) in [4.78, 5) is 16.1. The second-order valence-corrected chi connectivity index (χ2v) is 6.17. The molecular weight excluding hydrogens is 316 g/mol. The number of benzene rings is 1. The van der Waals surface area contributed by atoms with E-state index in [2.05, 4.69) is 20.8 Å². The number of ether oxygens (including phenoxy) is 1. The molecule has 0 bridgehead atoms. The average molecular weight is 334 g/mol. The van der Waals surface area contributed by atoms with E-state index in [-0.39, 0.29) is 18.7 Å². The van der Waals surface area contributed by atoms with Gasteiger partial charge in [-0.15, -0.1) is 0 Å². The lowest BCUT2D eigenvalue weighted by molar-refractivity contribution is 0.249. The number of nitrogens with one attached hydrogen (secondary N) is 2. The maximum Gasteiger partial charge on any atom is 0.319 e. The molecule has 3 rings (SSSR count). The van der Waals surface area contributed by atoms with Gasteiger partial charge in [0.2, 0.25) is 5.89 Å². The minimum Gasteiger partial charge on any atom is -0.490 e. The van der Waals surface area contributed by atoms with Crippen molar-refractivity contribution >= 4 is 23.5 Å². The number of hydrogen-bond donors (Lipinski definition) is 2. The van der Waals surface area contributed by atoms with E-state index in [4.69, 9.17) is 9.26 Å². The number of amides is 2. The Kier molecular flexibility index (Phi) is 4.71. The van der Waals surface area contributed by atoms with Crippen molar-refractivity contribution in [3.8, 4) is 5.75 Å². The molecule has 122 valence electrons. The highest BCUT2D eigenvalue weighted by molar-refractivity contribution is 7.97. The van der Waals surface area contributed by atoms with Gasteiger partial charge in [-0.05, 0) is 36.9 Å². The van der Waals surface area contributed by atoms with Gasteiger partial charge < -0.3 is 19.9 Å². The van der Waals surface area contributed by atoms with Crippen LogP contribution in [-0.4, -0.2) is 28.5 Å². The quantitative estimate of drug-likeness (QED) is 0.873. The summed E-state index contributed by atoms with van der Waals surface area (Å²) in [6.45, 7) is 2.22. The number of nitrogens with zero attached hydrogens (tertiary/aromatic N) is 2. The van der Waals surface area contributed by atoms with Gasteiger partial charge in [0, 0.05) is 12.1 Å². The van der Waals surface area contributed by atoms with Crippen LogP contribution >= 0.6 is 11.8 Å². The number of thioether (sulfide) groups is 1. The van der Waals surface area contributed by atoms with Gasteiger partial charge in [-0.25, -0.2) is 4.79 Å². The van der Waals surface area contributed by atoms with E-state index in [1.807, 2.05) is 31.4 Å². The van der Waals surface area contributed by atoms with Crippen LogP contribution in [0.1, 0.15) is 24.2 Å². The topological polar surface area (TPSA) is 89.3 Å². The van der Waals surface area contributed by atoms with Crippen LogP contribution in [0.4, 0.5) is 10.5 Å². The SMILES string of the molecule is CSCc1noc(CNC(=O)Nc2ccc3c(c2)CC(C)O3)n1. The van der Waals surface area contributed by atoms with Gasteiger partial charge in [-0.2, -0.15) is 16.7 Å². The van der Waals surface area contributed by atoms with Crippen LogP contribution in [0.2, 0.25) is 0 Å². The first-order valence-corrected chi connectivity index (χ1v) is 8.68. The molecule has 0 saturated heterocycles. The molecule has 0 fully saturated rings. The average Bonchev–Trinajstić information content (AvgIpc) is 3.10. The molecule has 0 aliphatic carbocycles. The smallest absolute Gasteiger partial charge is 0.319 e. The Balaban J connectivity index is 1.52. The summed E-state index contributed by atoms with van der Waals surface area (Å²) in [6, 6.07) is 5.31. The van der Waals surface area contributed by atoms with Gasteiger partial charge in [0.15, 0.2) is 5.82 Å². The zero-order valence-electron chi connectivity index (χ0n) is 13.0. The first-order valence-electron chi connectivity index (χ1n) is 7.29. The number of fused-ring (bicyclic) bond motifs is 1. The van der Waals surface area contributed by atoms with Gasteiger partial charge in [-0.1, -0.05) is 5.16 Å². The number of anilines is 1. The predicted molar refractivity (Wildman–Crippen MR) is 87.6 cm³/mol. The molecule has 1 aromatic carbocycles. The largest absolute Gasteiger partial charge is 0.490 e. The Bertz CT molecular complexity index is 704. The molecule has 1 aliphatic heterocycles. The molecule has 2 amide bonds. The van der Waals surface area contributed by atoms with Gasteiger partial charge >= 0.3 is 6.03 Å². The highest BCUT2D eigenvalue weighted by Crippen LogP contribution is 2.30. The molecule has 2 heterocycles. The molecule has 2 aromatic rings. The first-order chi connectivity index (χ1) is 11.1. The Hall–Kier alpha value is -2.22. The molecule has 7 nitrogen and oxygen atoms in total. The fraction of sp³-hybridized carbons (Fsp3) is 0.400. The minimum absolute atomic E-state index is 0.182. The molecule has 1 aliphatic rings. The zero-order valence-corrected chi connectivity index (χ0v) is 13.8. The Morgan fingerprint density at radius 1 is 1.48 bits per heavy atom. The lowest BCUT2D eigenvalue weighted by Gasteiger charge is -2.07. The van der Waals surface area contributed by atoms with E-state index >= 15 is 0 Å². The number of carbonyl (C=O) groups is 1. The number of carbonyl (C=O) groups excluding carboxylic acids is 1. The molecule has 8 heteroatoms. The lowest BCUT2D eigenvalue weighted by atomic mass is 10.1. The van der Waals surface area contributed by atoms with Crippen molar-refractivity contribution in [2.24, 2.45) is 0 Å². The fourth-order valence-corrected chi connectivity index (χ4v) is 2.76. The summed E-state index contributed by atoms with van der Waals surface area (Å²) in [5.41, 5.74) is 1.83. The van der Waals surface area contributed by atoms with Gasteiger partial charge in [0.05, 0.1) is 12.3 Å². The summed E-state index contributed by atoms with van der Waals surface area (Å²) in [5.74, 6) is 2.59. The van der Waals surface area contributed by atoms with E-state index in [1.165, 1.54) is 0 Å². The van der Waals surface area contributed by atoms with Crippen LogP contribution in [0.15, 0.2) is 22.7 Å². The van der Waals surface area contributed by atoms with Crippen LogP contribution in [0.25, 0.3) is 0 Å². The Labute approximate surface area is 138 Å². The van der Waals surface area contributed by atoms with Crippen LogP contribution in [0.3, 0.4) is 0 Å². The standard InChI is InChI=1S/C15H18N4O3S/c1-9-5-10-6-11(3-4-12(10)21-9)17-15(20)16-7-14-18-13(8-23-2)19-22-14/h3-4,6,9H,5,7-8H2,1-2H3,(H2,16,17,20). The number of urea groups is 1. The normalized spacial score (nSPS) is 15.8.